The number of carbonyl (C=O) groups excluding carboxylic acids is 1. The molecule has 1 unspecified atom stereocenters. The third-order valence-electron chi connectivity index (χ3n) is 4.94. The Hall–Kier alpha value is -1.42. The van der Waals surface area contributed by atoms with Gasteiger partial charge in [-0.2, -0.15) is 0 Å². The maximum atomic E-state index is 12.5. The fourth-order valence-corrected chi connectivity index (χ4v) is 3.21. The number of carbonyl (C=O) groups is 1. The summed E-state index contributed by atoms with van der Waals surface area (Å²) in [6.45, 7) is 5.50. The van der Waals surface area contributed by atoms with Gasteiger partial charge in [0.2, 0.25) is 0 Å². The number of aromatic nitrogens is 1. The van der Waals surface area contributed by atoms with Crippen LogP contribution in [0, 0.1) is 19.3 Å². The van der Waals surface area contributed by atoms with Crippen LogP contribution in [0.1, 0.15) is 40.9 Å². The molecule has 1 saturated heterocycles. The van der Waals surface area contributed by atoms with Crippen molar-refractivity contribution in [2.45, 2.75) is 39.2 Å². The summed E-state index contributed by atoms with van der Waals surface area (Å²) in [6, 6.07) is 2.02. The molecule has 1 aromatic rings. The number of likely N-dealkylation sites (tertiary alicyclic amines) is 1. The van der Waals surface area contributed by atoms with E-state index in [0.717, 1.165) is 30.5 Å². The molecule has 0 aromatic carbocycles. The van der Waals surface area contributed by atoms with Gasteiger partial charge in [-0.25, -0.2) is 0 Å². The highest BCUT2D eigenvalue weighted by atomic mass is 16.2. The molecule has 4 nitrogen and oxygen atoms in total. The number of amides is 1. The van der Waals surface area contributed by atoms with Crippen LogP contribution in [-0.2, 0) is 0 Å². The van der Waals surface area contributed by atoms with Crippen molar-refractivity contribution < 1.29 is 4.79 Å². The molecule has 1 aliphatic heterocycles. The molecule has 2 fully saturated rings. The van der Waals surface area contributed by atoms with Crippen molar-refractivity contribution in [3.8, 4) is 0 Å². The maximum absolute atomic E-state index is 12.5. The van der Waals surface area contributed by atoms with Gasteiger partial charge < -0.3 is 10.6 Å². The van der Waals surface area contributed by atoms with Crippen LogP contribution in [0.3, 0.4) is 0 Å². The summed E-state index contributed by atoms with van der Waals surface area (Å²) in [4.78, 5) is 18.6. The van der Waals surface area contributed by atoms with Gasteiger partial charge in [0.15, 0.2) is 0 Å². The van der Waals surface area contributed by atoms with Crippen LogP contribution in [0.5, 0.6) is 0 Å². The van der Waals surface area contributed by atoms with Crippen molar-refractivity contribution >= 4 is 5.91 Å². The van der Waals surface area contributed by atoms with E-state index in [0.29, 0.717) is 12.2 Å². The zero-order valence-electron chi connectivity index (χ0n) is 11.6. The second-order valence-corrected chi connectivity index (χ2v) is 6.16. The van der Waals surface area contributed by atoms with Gasteiger partial charge in [0.1, 0.15) is 5.69 Å². The van der Waals surface area contributed by atoms with Gasteiger partial charge in [-0.05, 0) is 43.9 Å². The van der Waals surface area contributed by atoms with Crippen LogP contribution in [-0.4, -0.2) is 34.9 Å². The quantitative estimate of drug-likeness (QED) is 0.834. The van der Waals surface area contributed by atoms with E-state index in [1.54, 1.807) is 6.20 Å². The summed E-state index contributed by atoms with van der Waals surface area (Å²) >= 11 is 0. The first kappa shape index (κ1) is 12.6. The van der Waals surface area contributed by atoms with Crippen LogP contribution in [0.25, 0.3) is 0 Å². The molecule has 19 heavy (non-hydrogen) atoms. The average molecular weight is 259 g/mol. The van der Waals surface area contributed by atoms with Crippen molar-refractivity contribution in [1.29, 1.82) is 0 Å². The van der Waals surface area contributed by atoms with E-state index >= 15 is 0 Å². The van der Waals surface area contributed by atoms with Crippen molar-refractivity contribution in [2.75, 3.05) is 13.1 Å². The van der Waals surface area contributed by atoms with Gasteiger partial charge >= 0.3 is 0 Å². The van der Waals surface area contributed by atoms with E-state index < -0.39 is 0 Å². The normalized spacial score (nSPS) is 24.6. The SMILES string of the molecule is Cc1cnc(C(=O)N2CC(N)C3(CCC3)C2)cc1C. The predicted molar refractivity (Wildman–Crippen MR) is 73.9 cm³/mol. The number of hydrogen-bond acceptors (Lipinski definition) is 3. The highest BCUT2D eigenvalue weighted by molar-refractivity contribution is 5.92. The summed E-state index contributed by atoms with van der Waals surface area (Å²) in [7, 11) is 0. The smallest absolute Gasteiger partial charge is 0.272 e. The highest BCUT2D eigenvalue weighted by Gasteiger charge is 2.50. The Bertz CT molecular complexity index is 522. The van der Waals surface area contributed by atoms with Crippen LogP contribution in [0.4, 0.5) is 0 Å². The van der Waals surface area contributed by atoms with Crippen molar-refractivity contribution in [3.05, 3.63) is 29.1 Å². The minimum atomic E-state index is 0.0299. The molecule has 0 bridgehead atoms. The standard InChI is InChI=1S/C15H21N3O/c1-10-6-12(17-7-11(10)2)14(19)18-8-13(16)15(9-18)4-3-5-15/h6-7,13H,3-5,8-9,16H2,1-2H3. The fourth-order valence-electron chi connectivity index (χ4n) is 3.21. The second-order valence-electron chi connectivity index (χ2n) is 6.16. The zero-order chi connectivity index (χ0) is 13.6. The van der Waals surface area contributed by atoms with Crippen molar-refractivity contribution in [2.24, 2.45) is 11.1 Å². The van der Waals surface area contributed by atoms with Gasteiger partial charge in [-0.1, -0.05) is 6.42 Å². The first-order valence-electron chi connectivity index (χ1n) is 7.00. The van der Waals surface area contributed by atoms with Crippen LogP contribution in [0.2, 0.25) is 0 Å². The zero-order valence-corrected chi connectivity index (χ0v) is 11.6. The molecule has 1 aromatic heterocycles. The van der Waals surface area contributed by atoms with Gasteiger partial charge in [-0.3, -0.25) is 9.78 Å². The van der Waals surface area contributed by atoms with Crippen molar-refractivity contribution in [3.63, 3.8) is 0 Å². The van der Waals surface area contributed by atoms with E-state index in [1.165, 1.54) is 6.42 Å². The Labute approximate surface area is 114 Å². The van der Waals surface area contributed by atoms with E-state index in [-0.39, 0.29) is 17.4 Å². The molecular formula is C15H21N3O. The van der Waals surface area contributed by atoms with Crippen molar-refractivity contribution in [1.82, 2.24) is 9.88 Å². The summed E-state index contributed by atoms with van der Waals surface area (Å²) in [6.07, 6.45) is 5.35. The molecule has 2 heterocycles. The summed E-state index contributed by atoms with van der Waals surface area (Å²) in [5.74, 6) is 0.0299. The third kappa shape index (κ3) is 1.94. The Balaban J connectivity index is 1.79. The molecule has 2 aliphatic rings. The van der Waals surface area contributed by atoms with E-state index in [9.17, 15) is 4.79 Å². The van der Waals surface area contributed by atoms with Crippen LogP contribution >= 0.6 is 0 Å². The summed E-state index contributed by atoms with van der Waals surface area (Å²) < 4.78 is 0. The van der Waals surface area contributed by atoms with E-state index in [2.05, 4.69) is 4.98 Å². The fraction of sp³-hybridized carbons (Fsp3) is 0.600. The Morgan fingerprint density at radius 2 is 2.16 bits per heavy atom. The third-order valence-corrected chi connectivity index (χ3v) is 4.94. The van der Waals surface area contributed by atoms with Gasteiger partial charge in [0.25, 0.3) is 5.91 Å². The number of pyridine rings is 1. The van der Waals surface area contributed by atoms with Crippen LogP contribution in [0.15, 0.2) is 12.3 Å². The highest BCUT2D eigenvalue weighted by Crippen LogP contribution is 2.47. The maximum Gasteiger partial charge on any atom is 0.272 e. The summed E-state index contributed by atoms with van der Waals surface area (Å²) in [5, 5.41) is 0. The van der Waals surface area contributed by atoms with Gasteiger partial charge in [0.05, 0.1) is 0 Å². The average Bonchev–Trinajstić information content (AvgIpc) is 2.69. The lowest BCUT2D eigenvalue weighted by Gasteiger charge is -2.41. The summed E-state index contributed by atoms with van der Waals surface area (Å²) in [5.41, 5.74) is 9.20. The molecule has 1 aliphatic carbocycles. The van der Waals surface area contributed by atoms with E-state index in [1.807, 2.05) is 24.8 Å². The Morgan fingerprint density at radius 1 is 1.42 bits per heavy atom. The van der Waals surface area contributed by atoms with Crippen LogP contribution < -0.4 is 5.73 Å². The lowest BCUT2D eigenvalue weighted by atomic mass is 9.66. The Kier molecular flexibility index (Phi) is 2.86. The molecule has 4 heteroatoms. The minimum absolute atomic E-state index is 0.0299. The molecule has 3 rings (SSSR count). The molecule has 1 atom stereocenters. The number of aryl methyl sites for hydroxylation is 2. The molecule has 102 valence electrons. The predicted octanol–water partition coefficient (Wildman–Crippen LogP) is 1.65. The first-order chi connectivity index (χ1) is 9.02. The Morgan fingerprint density at radius 3 is 2.68 bits per heavy atom. The molecule has 2 N–H and O–H groups in total. The molecular weight excluding hydrogens is 238 g/mol. The lowest BCUT2D eigenvalue weighted by molar-refractivity contribution is 0.0721. The monoisotopic (exact) mass is 259 g/mol. The topological polar surface area (TPSA) is 59.2 Å². The lowest BCUT2D eigenvalue weighted by Crippen LogP contribution is -2.45. The number of hydrogen-bond donors (Lipinski definition) is 1. The minimum Gasteiger partial charge on any atom is -0.335 e. The second kappa shape index (κ2) is 4.30. The van der Waals surface area contributed by atoms with Gasteiger partial charge in [0, 0.05) is 30.7 Å². The largest absolute Gasteiger partial charge is 0.335 e. The number of nitrogens with zero attached hydrogens (tertiary/aromatic N) is 2. The molecule has 1 amide bonds. The van der Waals surface area contributed by atoms with E-state index in [4.69, 9.17) is 5.73 Å². The number of nitrogens with two attached hydrogens (primary N) is 1. The molecule has 0 radical (unpaired) electrons. The first-order valence-corrected chi connectivity index (χ1v) is 7.00. The molecule has 1 saturated carbocycles. The van der Waals surface area contributed by atoms with Gasteiger partial charge in [-0.15, -0.1) is 0 Å². The number of rotatable bonds is 1. The molecule has 1 spiro atoms.